The molecule has 19 heavy (non-hydrogen) atoms. The van der Waals surface area contributed by atoms with Gasteiger partial charge in [-0.3, -0.25) is 9.67 Å². The molecule has 0 atom stereocenters. The lowest BCUT2D eigenvalue weighted by atomic mass is 10.3. The molecule has 1 N–H and O–H groups in total. The number of ether oxygens (including phenoxy) is 1. The Bertz CT molecular complexity index is 625. The maximum Gasteiger partial charge on any atom is 0.337 e. The summed E-state index contributed by atoms with van der Waals surface area (Å²) in [6.45, 7) is 2.17. The Kier molecular flexibility index (Phi) is 3.84. The number of nitrogens with zero attached hydrogens (tertiary/aromatic N) is 3. The van der Waals surface area contributed by atoms with Crippen molar-refractivity contribution in [3.8, 4) is 5.75 Å². The molecule has 0 amide bonds. The van der Waals surface area contributed by atoms with Gasteiger partial charge in [0, 0.05) is 13.2 Å². The van der Waals surface area contributed by atoms with Gasteiger partial charge in [-0.1, -0.05) is 0 Å². The number of aryl methyl sites for hydroxylation is 2. The highest BCUT2D eigenvalue weighted by molar-refractivity contribution is 9.10. The number of aromatic carboxylic acids is 1. The van der Waals surface area contributed by atoms with E-state index in [-0.39, 0.29) is 12.2 Å². The minimum absolute atomic E-state index is 0.0951. The Hall–Kier alpha value is -1.89. The standard InChI is InChI=1S/C12H12BrN3O3/c1-7-11(13)10(16(2)15-7)6-19-9-3-8(12(17)18)4-14-5-9/h3-5H,6H2,1-2H3,(H,17,18). The van der Waals surface area contributed by atoms with Crippen LogP contribution < -0.4 is 4.74 Å². The average Bonchev–Trinajstić information content (AvgIpc) is 2.61. The van der Waals surface area contributed by atoms with Crippen LogP contribution in [-0.4, -0.2) is 25.8 Å². The Balaban J connectivity index is 2.14. The van der Waals surface area contributed by atoms with Gasteiger partial charge in [-0.25, -0.2) is 4.79 Å². The SMILES string of the molecule is Cc1nn(C)c(COc2cncc(C(=O)O)c2)c1Br. The lowest BCUT2D eigenvalue weighted by Gasteiger charge is -2.07. The maximum absolute atomic E-state index is 10.8. The number of hydrogen-bond donors (Lipinski definition) is 1. The van der Waals surface area contributed by atoms with Crippen LogP contribution in [0.5, 0.6) is 5.75 Å². The maximum atomic E-state index is 10.8. The summed E-state index contributed by atoms with van der Waals surface area (Å²) in [5.74, 6) is -0.624. The highest BCUT2D eigenvalue weighted by Gasteiger charge is 2.12. The lowest BCUT2D eigenvalue weighted by molar-refractivity contribution is 0.0696. The number of rotatable bonds is 4. The van der Waals surface area contributed by atoms with Gasteiger partial charge in [0.2, 0.25) is 0 Å². The molecule has 100 valence electrons. The van der Waals surface area contributed by atoms with Gasteiger partial charge >= 0.3 is 5.97 Å². The van der Waals surface area contributed by atoms with Gasteiger partial charge in [0.15, 0.2) is 0 Å². The summed E-state index contributed by atoms with van der Waals surface area (Å²) >= 11 is 3.44. The fourth-order valence-electron chi connectivity index (χ4n) is 1.60. The van der Waals surface area contributed by atoms with Crippen LogP contribution in [0.15, 0.2) is 22.9 Å². The summed E-state index contributed by atoms with van der Waals surface area (Å²) in [5, 5.41) is 13.1. The number of hydrogen-bond acceptors (Lipinski definition) is 4. The molecular weight excluding hydrogens is 314 g/mol. The molecule has 0 radical (unpaired) electrons. The minimum Gasteiger partial charge on any atom is -0.486 e. The van der Waals surface area contributed by atoms with Crippen LogP contribution in [0.3, 0.4) is 0 Å². The van der Waals surface area contributed by atoms with Gasteiger partial charge < -0.3 is 9.84 Å². The van der Waals surface area contributed by atoms with Crippen LogP contribution in [0.1, 0.15) is 21.7 Å². The summed E-state index contributed by atoms with van der Waals surface area (Å²) in [4.78, 5) is 14.7. The topological polar surface area (TPSA) is 77.2 Å². The average molecular weight is 326 g/mol. The molecule has 2 aromatic heterocycles. The summed E-state index contributed by atoms with van der Waals surface area (Å²) in [6.07, 6.45) is 2.75. The first-order valence-electron chi connectivity index (χ1n) is 5.48. The second kappa shape index (κ2) is 5.40. The lowest BCUT2D eigenvalue weighted by Crippen LogP contribution is -2.05. The molecule has 2 heterocycles. The third kappa shape index (κ3) is 2.93. The van der Waals surface area contributed by atoms with Gasteiger partial charge in [0.25, 0.3) is 0 Å². The van der Waals surface area contributed by atoms with E-state index in [0.717, 1.165) is 15.9 Å². The van der Waals surface area contributed by atoms with E-state index in [1.54, 1.807) is 4.68 Å². The van der Waals surface area contributed by atoms with E-state index in [0.29, 0.717) is 5.75 Å². The largest absolute Gasteiger partial charge is 0.486 e. The number of carboxylic acids is 1. The van der Waals surface area contributed by atoms with Crippen molar-refractivity contribution < 1.29 is 14.6 Å². The van der Waals surface area contributed by atoms with Crippen molar-refractivity contribution in [2.24, 2.45) is 7.05 Å². The zero-order valence-corrected chi connectivity index (χ0v) is 12.0. The number of carbonyl (C=O) groups is 1. The van der Waals surface area contributed by atoms with Crippen LogP contribution in [0, 0.1) is 6.92 Å². The highest BCUT2D eigenvalue weighted by atomic mass is 79.9. The van der Waals surface area contributed by atoms with Crippen molar-refractivity contribution in [3.63, 3.8) is 0 Å². The van der Waals surface area contributed by atoms with Gasteiger partial charge in [-0.15, -0.1) is 0 Å². The second-order valence-corrected chi connectivity index (χ2v) is 4.77. The van der Waals surface area contributed by atoms with E-state index in [1.165, 1.54) is 18.5 Å². The van der Waals surface area contributed by atoms with Crippen molar-refractivity contribution in [1.82, 2.24) is 14.8 Å². The first-order chi connectivity index (χ1) is 8.99. The first-order valence-corrected chi connectivity index (χ1v) is 6.27. The third-order valence-electron chi connectivity index (χ3n) is 2.60. The molecule has 2 aromatic rings. The normalized spacial score (nSPS) is 10.5. The Morgan fingerprint density at radius 1 is 1.53 bits per heavy atom. The molecular formula is C12H12BrN3O3. The predicted molar refractivity (Wildman–Crippen MR) is 71.2 cm³/mol. The first kappa shape index (κ1) is 13.5. The van der Waals surface area contributed by atoms with Gasteiger partial charge in [0.1, 0.15) is 12.4 Å². The van der Waals surface area contributed by atoms with Crippen LogP contribution in [0.4, 0.5) is 0 Å². The van der Waals surface area contributed by atoms with E-state index >= 15 is 0 Å². The molecule has 0 aliphatic heterocycles. The van der Waals surface area contributed by atoms with Gasteiger partial charge in [0.05, 0.1) is 27.6 Å². The third-order valence-corrected chi connectivity index (χ3v) is 3.63. The van der Waals surface area contributed by atoms with Crippen molar-refractivity contribution in [3.05, 3.63) is 39.9 Å². The monoisotopic (exact) mass is 325 g/mol. The fraction of sp³-hybridized carbons (Fsp3) is 0.250. The number of pyridine rings is 1. The molecule has 0 aliphatic carbocycles. The molecule has 0 unspecified atom stereocenters. The van der Waals surface area contributed by atoms with E-state index < -0.39 is 5.97 Å². The van der Waals surface area contributed by atoms with Crippen LogP contribution >= 0.6 is 15.9 Å². The molecule has 0 bridgehead atoms. The Labute approximate surface area is 118 Å². The van der Waals surface area contributed by atoms with Crippen LogP contribution in [0.2, 0.25) is 0 Å². The van der Waals surface area contributed by atoms with E-state index in [9.17, 15) is 4.79 Å². The molecule has 0 spiro atoms. The number of aromatic nitrogens is 3. The van der Waals surface area contributed by atoms with E-state index in [4.69, 9.17) is 9.84 Å². The smallest absolute Gasteiger partial charge is 0.337 e. The summed E-state index contributed by atoms with van der Waals surface area (Å²) in [5.41, 5.74) is 1.84. The van der Waals surface area contributed by atoms with Crippen molar-refractivity contribution in [1.29, 1.82) is 0 Å². The molecule has 2 rings (SSSR count). The molecule has 6 nitrogen and oxygen atoms in total. The quantitative estimate of drug-likeness (QED) is 0.932. The molecule has 0 aromatic carbocycles. The summed E-state index contributed by atoms with van der Waals surface area (Å²) in [6, 6.07) is 1.44. The van der Waals surface area contributed by atoms with Gasteiger partial charge in [-0.05, 0) is 28.9 Å². The molecule has 0 aliphatic rings. The minimum atomic E-state index is -1.03. The highest BCUT2D eigenvalue weighted by Crippen LogP contribution is 2.22. The van der Waals surface area contributed by atoms with Gasteiger partial charge in [-0.2, -0.15) is 5.10 Å². The van der Waals surface area contributed by atoms with Crippen LogP contribution in [-0.2, 0) is 13.7 Å². The Morgan fingerprint density at radius 2 is 2.26 bits per heavy atom. The van der Waals surface area contributed by atoms with E-state index in [2.05, 4.69) is 26.0 Å². The second-order valence-electron chi connectivity index (χ2n) is 3.97. The zero-order valence-electron chi connectivity index (χ0n) is 10.4. The number of halogens is 1. The number of carboxylic acid groups (broad SMARTS) is 1. The molecule has 7 heteroatoms. The van der Waals surface area contributed by atoms with E-state index in [1.807, 2.05) is 14.0 Å². The van der Waals surface area contributed by atoms with Crippen molar-refractivity contribution in [2.45, 2.75) is 13.5 Å². The fourth-order valence-corrected chi connectivity index (χ4v) is 2.05. The molecule has 0 saturated heterocycles. The summed E-state index contributed by atoms with van der Waals surface area (Å²) in [7, 11) is 1.82. The summed E-state index contributed by atoms with van der Waals surface area (Å²) < 4.78 is 8.14. The Morgan fingerprint density at radius 3 is 2.84 bits per heavy atom. The zero-order chi connectivity index (χ0) is 14.0. The van der Waals surface area contributed by atoms with Crippen molar-refractivity contribution >= 4 is 21.9 Å². The van der Waals surface area contributed by atoms with Crippen molar-refractivity contribution in [2.75, 3.05) is 0 Å². The van der Waals surface area contributed by atoms with Crippen LogP contribution in [0.25, 0.3) is 0 Å². The molecule has 0 fully saturated rings. The molecule has 0 saturated carbocycles. The predicted octanol–water partition coefficient (Wildman–Crippen LogP) is 2.16.